The van der Waals surface area contributed by atoms with E-state index in [1.807, 2.05) is 13.0 Å². The lowest BCUT2D eigenvalue weighted by Crippen LogP contribution is -2.40. The Balaban J connectivity index is 2.07. The highest BCUT2D eigenvalue weighted by atomic mass is 32.2. The van der Waals surface area contributed by atoms with Gasteiger partial charge >= 0.3 is 0 Å². The molecule has 1 saturated heterocycles. The molecule has 0 aromatic heterocycles. The van der Waals surface area contributed by atoms with Gasteiger partial charge in [0, 0.05) is 13.7 Å². The molecule has 0 radical (unpaired) electrons. The molecular formula is C17H20N2O5S. The van der Waals surface area contributed by atoms with Gasteiger partial charge in [0.15, 0.2) is 0 Å². The van der Waals surface area contributed by atoms with Crippen LogP contribution in [-0.2, 0) is 14.3 Å². The SMILES string of the molecule is COCCNC(=O)CN1C(=O)S/C(=C\c2ccc(OC)c(C)c2)C1=O. The van der Waals surface area contributed by atoms with Gasteiger partial charge in [-0.1, -0.05) is 6.07 Å². The summed E-state index contributed by atoms with van der Waals surface area (Å²) in [4.78, 5) is 37.4. The number of hydrogen-bond acceptors (Lipinski definition) is 6. The molecule has 1 heterocycles. The summed E-state index contributed by atoms with van der Waals surface area (Å²) in [6.45, 7) is 2.29. The Morgan fingerprint density at radius 1 is 1.32 bits per heavy atom. The number of imide groups is 1. The Hall–Kier alpha value is -2.32. The molecule has 0 unspecified atom stereocenters. The number of thioether (sulfide) groups is 1. The van der Waals surface area contributed by atoms with Crippen molar-refractivity contribution in [1.29, 1.82) is 0 Å². The fraction of sp³-hybridized carbons (Fsp3) is 0.353. The molecule has 8 heteroatoms. The fourth-order valence-corrected chi connectivity index (χ4v) is 3.11. The standard InChI is InChI=1S/C17H20N2O5S/c1-11-8-12(4-5-13(11)24-3)9-14-16(21)19(17(22)25-14)10-15(20)18-6-7-23-2/h4-5,8-9H,6-7,10H2,1-3H3,(H,18,20)/b14-9-. The predicted octanol–water partition coefficient (Wildman–Crippen LogP) is 1.80. The van der Waals surface area contributed by atoms with Crippen LogP contribution in [0.15, 0.2) is 23.1 Å². The van der Waals surface area contributed by atoms with Crippen LogP contribution < -0.4 is 10.1 Å². The van der Waals surface area contributed by atoms with Crippen molar-refractivity contribution in [2.24, 2.45) is 0 Å². The average molecular weight is 364 g/mol. The highest BCUT2D eigenvalue weighted by Gasteiger charge is 2.36. The molecule has 1 aliphatic heterocycles. The largest absolute Gasteiger partial charge is 0.496 e. The number of carbonyl (C=O) groups is 3. The lowest BCUT2D eigenvalue weighted by atomic mass is 10.1. The number of methoxy groups -OCH3 is 2. The molecule has 1 aliphatic rings. The number of hydrogen-bond donors (Lipinski definition) is 1. The maximum absolute atomic E-state index is 12.4. The maximum atomic E-state index is 12.4. The third kappa shape index (κ3) is 4.83. The minimum Gasteiger partial charge on any atom is -0.496 e. The van der Waals surface area contributed by atoms with Gasteiger partial charge in [-0.3, -0.25) is 19.3 Å². The molecule has 1 aromatic carbocycles. The van der Waals surface area contributed by atoms with Crippen molar-refractivity contribution in [1.82, 2.24) is 10.2 Å². The number of aryl methyl sites for hydroxylation is 1. The summed E-state index contributed by atoms with van der Waals surface area (Å²) in [7, 11) is 3.11. The van der Waals surface area contributed by atoms with Crippen LogP contribution in [0.25, 0.3) is 6.08 Å². The summed E-state index contributed by atoms with van der Waals surface area (Å²) in [6, 6.07) is 5.47. The van der Waals surface area contributed by atoms with E-state index in [1.165, 1.54) is 7.11 Å². The third-order valence-corrected chi connectivity index (χ3v) is 4.43. The number of carbonyl (C=O) groups excluding carboxylic acids is 3. The normalized spacial score (nSPS) is 15.8. The number of amides is 3. The van der Waals surface area contributed by atoms with Gasteiger partial charge in [-0.25, -0.2) is 0 Å². The topological polar surface area (TPSA) is 84.9 Å². The number of ether oxygens (including phenoxy) is 2. The summed E-state index contributed by atoms with van der Waals surface area (Å²) < 4.78 is 10.0. The van der Waals surface area contributed by atoms with E-state index in [9.17, 15) is 14.4 Å². The van der Waals surface area contributed by atoms with Gasteiger partial charge in [-0.15, -0.1) is 0 Å². The summed E-state index contributed by atoms with van der Waals surface area (Å²) in [5.74, 6) is -0.121. The lowest BCUT2D eigenvalue weighted by Gasteiger charge is -2.12. The molecule has 25 heavy (non-hydrogen) atoms. The van der Waals surface area contributed by atoms with Crippen LogP contribution in [0.2, 0.25) is 0 Å². The summed E-state index contributed by atoms with van der Waals surface area (Å²) in [5.41, 5.74) is 1.71. The number of nitrogens with zero attached hydrogens (tertiary/aromatic N) is 1. The van der Waals surface area contributed by atoms with E-state index >= 15 is 0 Å². The maximum Gasteiger partial charge on any atom is 0.294 e. The molecule has 1 fully saturated rings. The summed E-state index contributed by atoms with van der Waals surface area (Å²) in [5, 5.41) is 2.13. The van der Waals surface area contributed by atoms with E-state index in [2.05, 4.69) is 5.32 Å². The highest BCUT2D eigenvalue weighted by molar-refractivity contribution is 8.18. The zero-order valence-corrected chi connectivity index (χ0v) is 15.1. The first-order valence-corrected chi connectivity index (χ1v) is 8.43. The molecule has 0 aliphatic carbocycles. The second-order valence-electron chi connectivity index (χ2n) is 5.34. The molecule has 1 aromatic rings. The highest BCUT2D eigenvalue weighted by Crippen LogP contribution is 2.32. The first-order chi connectivity index (χ1) is 12.0. The number of rotatable bonds is 7. The lowest BCUT2D eigenvalue weighted by molar-refractivity contribution is -0.129. The second kappa shape index (κ2) is 8.68. The summed E-state index contributed by atoms with van der Waals surface area (Å²) >= 11 is 0.825. The molecule has 134 valence electrons. The molecule has 0 atom stereocenters. The molecule has 0 spiro atoms. The van der Waals surface area contributed by atoms with Gasteiger partial charge in [-0.2, -0.15) is 0 Å². The Morgan fingerprint density at radius 2 is 2.08 bits per heavy atom. The van der Waals surface area contributed by atoms with Gasteiger partial charge in [-0.05, 0) is 48.0 Å². The van der Waals surface area contributed by atoms with Crippen LogP contribution in [0.4, 0.5) is 4.79 Å². The van der Waals surface area contributed by atoms with Crippen molar-refractivity contribution in [3.8, 4) is 5.75 Å². The Kier molecular flexibility index (Phi) is 6.60. The van der Waals surface area contributed by atoms with Crippen molar-refractivity contribution in [2.75, 3.05) is 33.9 Å². The van der Waals surface area contributed by atoms with Crippen molar-refractivity contribution in [3.05, 3.63) is 34.2 Å². The fourth-order valence-electron chi connectivity index (χ4n) is 2.27. The van der Waals surface area contributed by atoms with Crippen molar-refractivity contribution in [2.45, 2.75) is 6.92 Å². The van der Waals surface area contributed by atoms with Crippen LogP contribution in [-0.4, -0.2) is 55.9 Å². The number of nitrogens with one attached hydrogen (secondary N) is 1. The van der Waals surface area contributed by atoms with Gasteiger partial charge in [0.25, 0.3) is 11.1 Å². The molecule has 2 rings (SSSR count). The summed E-state index contributed by atoms with van der Waals surface area (Å²) in [6.07, 6.45) is 1.64. The molecule has 7 nitrogen and oxygen atoms in total. The van der Waals surface area contributed by atoms with E-state index in [-0.39, 0.29) is 6.54 Å². The van der Waals surface area contributed by atoms with Crippen molar-refractivity contribution >= 4 is 34.9 Å². The molecule has 1 N–H and O–H groups in total. The third-order valence-electron chi connectivity index (χ3n) is 3.52. The first kappa shape index (κ1) is 19.0. The van der Waals surface area contributed by atoms with E-state index < -0.39 is 17.1 Å². The molecule has 3 amide bonds. The zero-order valence-electron chi connectivity index (χ0n) is 14.3. The van der Waals surface area contributed by atoms with Gasteiger partial charge < -0.3 is 14.8 Å². The van der Waals surface area contributed by atoms with Crippen LogP contribution in [0, 0.1) is 6.92 Å². The molecular weight excluding hydrogens is 344 g/mol. The molecule has 0 saturated carbocycles. The average Bonchev–Trinajstić information content (AvgIpc) is 2.83. The Morgan fingerprint density at radius 3 is 2.72 bits per heavy atom. The smallest absolute Gasteiger partial charge is 0.294 e. The van der Waals surface area contributed by atoms with Crippen LogP contribution >= 0.6 is 11.8 Å². The van der Waals surface area contributed by atoms with Crippen LogP contribution in [0.3, 0.4) is 0 Å². The predicted molar refractivity (Wildman–Crippen MR) is 95.3 cm³/mol. The van der Waals surface area contributed by atoms with Crippen LogP contribution in [0.5, 0.6) is 5.75 Å². The monoisotopic (exact) mass is 364 g/mol. The van der Waals surface area contributed by atoms with Gasteiger partial charge in [0.05, 0.1) is 18.6 Å². The zero-order chi connectivity index (χ0) is 18.4. The minimum absolute atomic E-state index is 0.291. The van der Waals surface area contributed by atoms with Gasteiger partial charge in [0.1, 0.15) is 12.3 Å². The van der Waals surface area contributed by atoms with Crippen molar-refractivity contribution < 1.29 is 23.9 Å². The molecule has 0 bridgehead atoms. The quantitative estimate of drug-likeness (QED) is 0.587. The van der Waals surface area contributed by atoms with E-state index in [0.717, 1.165) is 33.5 Å². The Labute approximate surface area is 150 Å². The van der Waals surface area contributed by atoms with Crippen LogP contribution in [0.1, 0.15) is 11.1 Å². The van der Waals surface area contributed by atoms with E-state index in [1.54, 1.807) is 25.3 Å². The van der Waals surface area contributed by atoms with E-state index in [0.29, 0.717) is 18.1 Å². The van der Waals surface area contributed by atoms with Crippen molar-refractivity contribution in [3.63, 3.8) is 0 Å². The van der Waals surface area contributed by atoms with Gasteiger partial charge in [0.2, 0.25) is 5.91 Å². The van der Waals surface area contributed by atoms with E-state index in [4.69, 9.17) is 9.47 Å². The minimum atomic E-state index is -0.467. The number of benzene rings is 1. The first-order valence-electron chi connectivity index (χ1n) is 7.62. The Bertz CT molecular complexity index is 717. The second-order valence-corrected chi connectivity index (χ2v) is 6.33.